The van der Waals surface area contributed by atoms with Crippen LogP contribution in [0, 0.1) is 0 Å². The smallest absolute Gasteiger partial charge is 0.0462 e. The van der Waals surface area contributed by atoms with Gasteiger partial charge < -0.3 is 4.90 Å². The van der Waals surface area contributed by atoms with Crippen molar-refractivity contribution >= 4 is 29.7 Å². The van der Waals surface area contributed by atoms with Crippen LogP contribution in [0.15, 0.2) is 77.7 Å². The van der Waals surface area contributed by atoms with Crippen LogP contribution in [0.3, 0.4) is 0 Å². The van der Waals surface area contributed by atoms with Crippen LogP contribution in [0.25, 0.3) is 0 Å². The van der Waals surface area contributed by atoms with E-state index in [1.54, 1.807) is 0 Å². The highest BCUT2D eigenvalue weighted by Gasteiger charge is 2.18. The van der Waals surface area contributed by atoms with Gasteiger partial charge in [-0.15, -0.1) is 12.6 Å². The van der Waals surface area contributed by atoms with E-state index in [2.05, 4.69) is 120 Å². The third-order valence-corrected chi connectivity index (χ3v) is 5.39. The van der Waals surface area contributed by atoms with Gasteiger partial charge in [-0.05, 0) is 70.5 Å². The molecule has 0 spiro atoms. The van der Waals surface area contributed by atoms with Crippen LogP contribution in [0.5, 0.6) is 0 Å². The summed E-state index contributed by atoms with van der Waals surface area (Å²) >= 11 is 4.45. The number of thiol groups is 1. The molecule has 0 unspecified atom stereocenters. The summed E-state index contributed by atoms with van der Waals surface area (Å²) in [5.41, 5.74) is 6.41. The number of benzene rings is 3. The zero-order chi connectivity index (χ0) is 20.5. The SMILES string of the molecule is CC(C)(C)c1ccc(N(c2ccc(S)cc2)c2ccc(C(C)(C)C)cc2)cc1. The van der Waals surface area contributed by atoms with Crippen LogP contribution in [-0.4, -0.2) is 0 Å². The van der Waals surface area contributed by atoms with Crippen LogP contribution in [0.4, 0.5) is 17.1 Å². The minimum Gasteiger partial charge on any atom is -0.311 e. The summed E-state index contributed by atoms with van der Waals surface area (Å²) in [7, 11) is 0. The van der Waals surface area contributed by atoms with Crippen molar-refractivity contribution in [3.8, 4) is 0 Å². The van der Waals surface area contributed by atoms with E-state index < -0.39 is 0 Å². The minimum atomic E-state index is 0.144. The first-order valence-corrected chi connectivity index (χ1v) is 10.3. The molecule has 0 radical (unpaired) electrons. The maximum atomic E-state index is 4.45. The van der Waals surface area contributed by atoms with E-state index >= 15 is 0 Å². The molecular formula is C26H31NS. The van der Waals surface area contributed by atoms with E-state index in [4.69, 9.17) is 0 Å². The standard InChI is InChI=1S/C26H31NS/c1-25(2,3)19-7-11-21(12-8-19)27(23-15-17-24(28)18-16-23)22-13-9-20(10-14-22)26(4,5)6/h7-18,28H,1-6H3. The Morgan fingerprint density at radius 2 is 0.786 bits per heavy atom. The molecule has 2 heteroatoms. The normalized spacial score (nSPS) is 12.1. The molecule has 1 nitrogen and oxygen atoms in total. The Hall–Kier alpha value is -2.19. The number of hydrogen-bond acceptors (Lipinski definition) is 2. The molecule has 0 aliphatic rings. The fourth-order valence-corrected chi connectivity index (χ4v) is 3.42. The first kappa shape index (κ1) is 20.5. The van der Waals surface area contributed by atoms with Crippen LogP contribution in [0.2, 0.25) is 0 Å². The molecule has 0 aliphatic heterocycles. The van der Waals surface area contributed by atoms with Crippen molar-refractivity contribution in [2.75, 3.05) is 4.90 Å². The summed E-state index contributed by atoms with van der Waals surface area (Å²) in [6, 6.07) is 26.1. The van der Waals surface area contributed by atoms with Crippen molar-refractivity contribution < 1.29 is 0 Å². The number of hydrogen-bond donors (Lipinski definition) is 1. The molecule has 0 fully saturated rings. The second-order valence-electron chi connectivity index (χ2n) is 9.45. The molecule has 0 atom stereocenters. The van der Waals surface area contributed by atoms with Crippen molar-refractivity contribution in [2.24, 2.45) is 0 Å². The molecule has 28 heavy (non-hydrogen) atoms. The third kappa shape index (κ3) is 4.62. The molecule has 146 valence electrons. The summed E-state index contributed by atoms with van der Waals surface area (Å²) in [5.74, 6) is 0. The summed E-state index contributed by atoms with van der Waals surface area (Å²) in [5, 5.41) is 0. The van der Waals surface area contributed by atoms with Crippen molar-refractivity contribution in [2.45, 2.75) is 57.3 Å². The average Bonchev–Trinajstić information content (AvgIpc) is 2.63. The lowest BCUT2D eigenvalue weighted by atomic mass is 9.86. The van der Waals surface area contributed by atoms with Gasteiger partial charge in [-0.25, -0.2) is 0 Å². The maximum absolute atomic E-state index is 4.45. The molecular weight excluding hydrogens is 358 g/mol. The van der Waals surface area contributed by atoms with Gasteiger partial charge in [0.1, 0.15) is 0 Å². The predicted octanol–water partition coefficient (Wildman–Crippen LogP) is 8.04. The van der Waals surface area contributed by atoms with Gasteiger partial charge in [0, 0.05) is 22.0 Å². The molecule has 0 aromatic heterocycles. The first-order valence-electron chi connectivity index (χ1n) is 9.86. The number of nitrogens with zero attached hydrogens (tertiary/aromatic N) is 1. The molecule has 3 rings (SSSR count). The Morgan fingerprint density at radius 3 is 1.07 bits per heavy atom. The van der Waals surface area contributed by atoms with Gasteiger partial charge in [0.2, 0.25) is 0 Å². The van der Waals surface area contributed by atoms with Gasteiger partial charge in [-0.1, -0.05) is 65.8 Å². The topological polar surface area (TPSA) is 3.24 Å². The van der Waals surface area contributed by atoms with Gasteiger partial charge in [0.25, 0.3) is 0 Å². The molecule has 0 heterocycles. The molecule has 3 aromatic carbocycles. The highest BCUT2D eigenvalue weighted by atomic mass is 32.1. The Bertz CT molecular complexity index is 851. The van der Waals surface area contributed by atoms with Gasteiger partial charge in [-0.2, -0.15) is 0 Å². The molecule has 0 N–H and O–H groups in total. The van der Waals surface area contributed by atoms with E-state index in [1.807, 2.05) is 12.1 Å². The molecule has 0 bridgehead atoms. The van der Waals surface area contributed by atoms with Crippen LogP contribution >= 0.6 is 12.6 Å². The van der Waals surface area contributed by atoms with E-state index in [-0.39, 0.29) is 10.8 Å². The highest BCUT2D eigenvalue weighted by molar-refractivity contribution is 7.80. The monoisotopic (exact) mass is 389 g/mol. The Morgan fingerprint density at radius 1 is 0.500 bits per heavy atom. The van der Waals surface area contributed by atoms with Crippen molar-refractivity contribution in [1.82, 2.24) is 0 Å². The van der Waals surface area contributed by atoms with Gasteiger partial charge in [0.05, 0.1) is 0 Å². The van der Waals surface area contributed by atoms with Crippen molar-refractivity contribution in [3.05, 3.63) is 83.9 Å². The summed E-state index contributed by atoms with van der Waals surface area (Å²) in [6.07, 6.45) is 0. The fourth-order valence-electron chi connectivity index (χ4n) is 3.27. The Kier molecular flexibility index (Phi) is 5.63. The van der Waals surface area contributed by atoms with E-state index in [9.17, 15) is 0 Å². The average molecular weight is 390 g/mol. The van der Waals surface area contributed by atoms with Crippen molar-refractivity contribution in [3.63, 3.8) is 0 Å². The van der Waals surface area contributed by atoms with Crippen LogP contribution in [0.1, 0.15) is 52.7 Å². The molecule has 0 saturated heterocycles. The molecule has 0 saturated carbocycles. The fraction of sp³-hybridized carbons (Fsp3) is 0.308. The second kappa shape index (κ2) is 7.67. The van der Waals surface area contributed by atoms with Gasteiger partial charge in [0.15, 0.2) is 0 Å². The van der Waals surface area contributed by atoms with Crippen LogP contribution < -0.4 is 4.90 Å². The first-order chi connectivity index (χ1) is 13.1. The number of anilines is 3. The maximum Gasteiger partial charge on any atom is 0.0462 e. The third-order valence-electron chi connectivity index (χ3n) is 5.09. The van der Waals surface area contributed by atoms with Crippen LogP contribution in [-0.2, 0) is 10.8 Å². The van der Waals surface area contributed by atoms with Gasteiger partial charge in [-0.3, -0.25) is 0 Å². The van der Waals surface area contributed by atoms with E-state index in [1.165, 1.54) is 11.1 Å². The number of rotatable bonds is 3. The summed E-state index contributed by atoms with van der Waals surface area (Å²) in [4.78, 5) is 3.27. The summed E-state index contributed by atoms with van der Waals surface area (Å²) in [6.45, 7) is 13.5. The summed E-state index contributed by atoms with van der Waals surface area (Å²) < 4.78 is 0. The van der Waals surface area contributed by atoms with E-state index in [0.29, 0.717) is 0 Å². The van der Waals surface area contributed by atoms with Gasteiger partial charge >= 0.3 is 0 Å². The zero-order valence-electron chi connectivity index (χ0n) is 17.8. The predicted molar refractivity (Wildman–Crippen MR) is 126 cm³/mol. The largest absolute Gasteiger partial charge is 0.311 e. The lowest BCUT2D eigenvalue weighted by molar-refractivity contribution is 0.590. The lowest BCUT2D eigenvalue weighted by Crippen LogP contribution is -2.14. The molecule has 3 aromatic rings. The van der Waals surface area contributed by atoms with E-state index in [0.717, 1.165) is 22.0 Å². The zero-order valence-corrected chi connectivity index (χ0v) is 18.7. The van der Waals surface area contributed by atoms with Crippen molar-refractivity contribution in [1.29, 1.82) is 0 Å². The highest BCUT2D eigenvalue weighted by Crippen LogP contribution is 2.37. The Balaban J connectivity index is 2.06. The quantitative estimate of drug-likeness (QED) is 0.444. The minimum absolute atomic E-state index is 0.144. The lowest BCUT2D eigenvalue weighted by Gasteiger charge is -2.28. The Labute approximate surface area is 175 Å². The molecule has 0 amide bonds. The molecule has 0 aliphatic carbocycles. The second-order valence-corrected chi connectivity index (χ2v) is 9.96.